The van der Waals surface area contributed by atoms with Gasteiger partial charge in [0.1, 0.15) is 11.6 Å². The zero-order valence-corrected chi connectivity index (χ0v) is 10.0. The van der Waals surface area contributed by atoms with Gasteiger partial charge in [-0.25, -0.2) is 0 Å². The minimum atomic E-state index is 0.450. The molecular formula is C12H17N3O2. The molecule has 0 aromatic rings. The number of amides is 1. The minimum absolute atomic E-state index is 0.450. The minimum Gasteiger partial charge on any atom is -0.465 e. The molecule has 0 unspecified atom stereocenters. The van der Waals surface area contributed by atoms with Crippen molar-refractivity contribution in [1.29, 1.82) is 0 Å². The van der Waals surface area contributed by atoms with Crippen molar-refractivity contribution in [1.82, 2.24) is 10.9 Å². The molecule has 0 saturated carbocycles. The Morgan fingerprint density at radius 1 is 1.41 bits per heavy atom. The van der Waals surface area contributed by atoms with Crippen LogP contribution in [-0.2, 0) is 9.53 Å². The number of ether oxygens (including phenoxy) is 1. The number of carbonyl (C=O) groups excluding carboxylic acids is 1. The van der Waals surface area contributed by atoms with Crippen LogP contribution in [0.15, 0.2) is 54.0 Å². The summed E-state index contributed by atoms with van der Waals surface area (Å²) in [7, 11) is 1.59. The van der Waals surface area contributed by atoms with Crippen molar-refractivity contribution in [2.45, 2.75) is 6.92 Å². The molecule has 17 heavy (non-hydrogen) atoms. The molecule has 0 aliphatic rings. The lowest BCUT2D eigenvalue weighted by Crippen LogP contribution is -2.35. The van der Waals surface area contributed by atoms with Crippen LogP contribution in [0.1, 0.15) is 6.92 Å². The smallest absolute Gasteiger partial charge is 0.225 e. The molecular weight excluding hydrogens is 218 g/mol. The number of hydrazine groups is 1. The molecule has 0 rings (SSSR count). The van der Waals surface area contributed by atoms with E-state index in [0.29, 0.717) is 18.0 Å². The average Bonchev–Trinajstić information content (AvgIpc) is 2.37. The number of amidine groups is 1. The number of rotatable bonds is 7. The van der Waals surface area contributed by atoms with Crippen molar-refractivity contribution >= 4 is 12.2 Å². The van der Waals surface area contributed by atoms with Gasteiger partial charge in [-0.1, -0.05) is 18.7 Å². The SMILES string of the molecule is C=C/C(=C/C(=NC)NNC=O)O/C=C/C=C\C. The molecule has 1 amide bonds. The number of nitrogens with zero attached hydrogens (tertiary/aromatic N) is 1. The summed E-state index contributed by atoms with van der Waals surface area (Å²) >= 11 is 0. The number of allylic oxidation sites excluding steroid dienone is 4. The summed E-state index contributed by atoms with van der Waals surface area (Å²) in [6, 6.07) is 0. The highest BCUT2D eigenvalue weighted by Crippen LogP contribution is 1.99. The van der Waals surface area contributed by atoms with E-state index in [-0.39, 0.29) is 0 Å². The first-order valence-corrected chi connectivity index (χ1v) is 4.99. The lowest BCUT2D eigenvalue weighted by molar-refractivity contribution is -0.110. The van der Waals surface area contributed by atoms with Gasteiger partial charge in [-0.2, -0.15) is 0 Å². The molecule has 0 bridgehead atoms. The van der Waals surface area contributed by atoms with Crippen LogP contribution in [0.4, 0.5) is 0 Å². The van der Waals surface area contributed by atoms with Gasteiger partial charge in [-0.05, 0) is 19.1 Å². The predicted molar refractivity (Wildman–Crippen MR) is 69.0 cm³/mol. The topological polar surface area (TPSA) is 62.7 Å². The second-order valence-corrected chi connectivity index (χ2v) is 2.72. The fourth-order valence-corrected chi connectivity index (χ4v) is 0.810. The Labute approximate surface area is 101 Å². The van der Waals surface area contributed by atoms with E-state index in [0.717, 1.165) is 0 Å². The third-order valence-corrected chi connectivity index (χ3v) is 1.57. The van der Waals surface area contributed by atoms with Crippen LogP contribution < -0.4 is 10.9 Å². The lowest BCUT2D eigenvalue weighted by Gasteiger charge is -2.05. The number of aliphatic imine (C=N–C) groups is 1. The van der Waals surface area contributed by atoms with E-state index in [1.54, 1.807) is 19.2 Å². The monoisotopic (exact) mass is 235 g/mol. The first-order valence-electron chi connectivity index (χ1n) is 4.99. The van der Waals surface area contributed by atoms with Gasteiger partial charge in [0.15, 0.2) is 0 Å². The van der Waals surface area contributed by atoms with Crippen molar-refractivity contribution < 1.29 is 9.53 Å². The van der Waals surface area contributed by atoms with E-state index in [1.807, 2.05) is 19.1 Å². The molecule has 0 spiro atoms. The van der Waals surface area contributed by atoms with Gasteiger partial charge in [-0.15, -0.1) is 0 Å². The zero-order valence-electron chi connectivity index (χ0n) is 10.0. The Morgan fingerprint density at radius 2 is 2.18 bits per heavy atom. The molecule has 0 heterocycles. The number of hydrogen-bond donors (Lipinski definition) is 2. The Bertz CT molecular complexity index is 355. The molecule has 0 aliphatic carbocycles. The molecule has 5 nitrogen and oxygen atoms in total. The van der Waals surface area contributed by atoms with Crippen molar-refractivity contribution in [3.8, 4) is 0 Å². The highest BCUT2D eigenvalue weighted by molar-refractivity contribution is 5.93. The quantitative estimate of drug-likeness (QED) is 0.175. The van der Waals surface area contributed by atoms with Crippen LogP contribution in [-0.4, -0.2) is 19.3 Å². The second kappa shape index (κ2) is 10.2. The average molecular weight is 235 g/mol. The third-order valence-electron chi connectivity index (χ3n) is 1.57. The van der Waals surface area contributed by atoms with Gasteiger partial charge in [0.2, 0.25) is 6.41 Å². The lowest BCUT2D eigenvalue weighted by atomic mass is 10.4. The Balaban J connectivity index is 4.50. The largest absolute Gasteiger partial charge is 0.465 e. The van der Waals surface area contributed by atoms with E-state index >= 15 is 0 Å². The fraction of sp³-hybridized carbons (Fsp3) is 0.167. The van der Waals surface area contributed by atoms with Crippen LogP contribution >= 0.6 is 0 Å². The maximum Gasteiger partial charge on any atom is 0.225 e. The standard InChI is InChI=1S/C12H17N3O2/c1-4-6-7-8-17-11(5-2)9-12(13-3)15-14-10-16/h4-10H,2H2,1,3H3,(H,13,15)(H,14,16)/b6-4-,8-7+,11-9-. The molecule has 0 atom stereocenters. The number of hydrogen-bond acceptors (Lipinski definition) is 3. The fourth-order valence-electron chi connectivity index (χ4n) is 0.810. The van der Waals surface area contributed by atoms with Gasteiger partial charge in [0.25, 0.3) is 0 Å². The Morgan fingerprint density at radius 3 is 2.71 bits per heavy atom. The van der Waals surface area contributed by atoms with Crippen LogP contribution in [0, 0.1) is 0 Å². The van der Waals surface area contributed by atoms with Crippen LogP contribution in [0.5, 0.6) is 0 Å². The van der Waals surface area contributed by atoms with Crippen molar-refractivity contribution in [2.24, 2.45) is 4.99 Å². The van der Waals surface area contributed by atoms with E-state index < -0.39 is 0 Å². The van der Waals surface area contributed by atoms with Crippen molar-refractivity contribution in [3.05, 3.63) is 49.0 Å². The summed E-state index contributed by atoms with van der Waals surface area (Å²) in [6.45, 7) is 5.52. The number of nitrogens with one attached hydrogen (secondary N) is 2. The summed E-state index contributed by atoms with van der Waals surface area (Å²) in [5, 5.41) is 0. The summed E-state index contributed by atoms with van der Waals surface area (Å²) in [5.74, 6) is 0.956. The Kier molecular flexibility index (Phi) is 8.84. The molecule has 0 aromatic carbocycles. The normalized spacial score (nSPS) is 12.8. The summed E-state index contributed by atoms with van der Waals surface area (Å²) in [5.41, 5.74) is 4.86. The van der Waals surface area contributed by atoms with Crippen molar-refractivity contribution in [3.63, 3.8) is 0 Å². The molecule has 2 N–H and O–H groups in total. The van der Waals surface area contributed by atoms with Crippen molar-refractivity contribution in [2.75, 3.05) is 7.05 Å². The molecule has 0 aromatic heterocycles. The third kappa shape index (κ3) is 7.61. The first-order chi connectivity index (χ1) is 8.28. The maximum absolute atomic E-state index is 10.1. The van der Waals surface area contributed by atoms with Crippen LogP contribution in [0.3, 0.4) is 0 Å². The molecule has 0 saturated heterocycles. The molecule has 5 heteroatoms. The molecule has 92 valence electrons. The van der Waals surface area contributed by atoms with Crippen LogP contribution in [0.2, 0.25) is 0 Å². The van der Waals surface area contributed by atoms with Gasteiger partial charge in [0, 0.05) is 13.1 Å². The summed E-state index contributed by atoms with van der Waals surface area (Å²) in [6.07, 6.45) is 10.6. The predicted octanol–water partition coefficient (Wildman–Crippen LogP) is 1.44. The van der Waals surface area contributed by atoms with E-state index in [4.69, 9.17) is 4.74 Å². The van der Waals surface area contributed by atoms with Gasteiger partial charge in [0.05, 0.1) is 6.26 Å². The first kappa shape index (κ1) is 14.7. The highest BCUT2D eigenvalue weighted by atomic mass is 16.5. The summed E-state index contributed by atoms with van der Waals surface area (Å²) < 4.78 is 5.28. The molecule has 0 aliphatic heterocycles. The number of carbonyl (C=O) groups is 1. The zero-order chi connectivity index (χ0) is 12.9. The Hall–Kier alpha value is -2.30. The van der Waals surface area contributed by atoms with Gasteiger partial charge in [-0.3, -0.25) is 20.6 Å². The summed E-state index contributed by atoms with van der Waals surface area (Å²) in [4.78, 5) is 14.0. The van der Waals surface area contributed by atoms with Gasteiger partial charge < -0.3 is 4.74 Å². The molecule has 0 fully saturated rings. The second-order valence-electron chi connectivity index (χ2n) is 2.72. The maximum atomic E-state index is 10.1. The molecule has 0 radical (unpaired) electrons. The van der Waals surface area contributed by atoms with E-state index in [9.17, 15) is 4.79 Å². The highest BCUT2D eigenvalue weighted by Gasteiger charge is 1.95. The van der Waals surface area contributed by atoms with E-state index in [1.165, 1.54) is 12.3 Å². The van der Waals surface area contributed by atoms with Crippen LogP contribution in [0.25, 0.3) is 0 Å². The van der Waals surface area contributed by atoms with Gasteiger partial charge >= 0.3 is 0 Å². The van der Waals surface area contributed by atoms with E-state index in [2.05, 4.69) is 22.4 Å².